The third-order valence-corrected chi connectivity index (χ3v) is 4.74. The SMILES string of the molecule is NC(C=Cc1ccccc1CC(O)CN1CCc2ccccc2C1)=NO. The van der Waals surface area contributed by atoms with Crippen molar-refractivity contribution < 1.29 is 10.3 Å². The Labute approximate surface area is 154 Å². The molecule has 0 fully saturated rings. The van der Waals surface area contributed by atoms with E-state index in [-0.39, 0.29) is 5.84 Å². The molecule has 0 aliphatic carbocycles. The summed E-state index contributed by atoms with van der Waals surface area (Å²) in [4.78, 5) is 2.31. The Kier molecular flexibility index (Phi) is 6.04. The van der Waals surface area contributed by atoms with Crippen LogP contribution in [0.15, 0.2) is 59.8 Å². The number of amidine groups is 1. The van der Waals surface area contributed by atoms with Crippen LogP contribution in [0.1, 0.15) is 22.3 Å². The van der Waals surface area contributed by atoms with E-state index in [1.54, 1.807) is 12.2 Å². The highest BCUT2D eigenvalue weighted by Crippen LogP contribution is 2.19. The van der Waals surface area contributed by atoms with Gasteiger partial charge in [-0.05, 0) is 34.8 Å². The molecule has 0 radical (unpaired) electrons. The van der Waals surface area contributed by atoms with Crippen LogP contribution in [0.2, 0.25) is 0 Å². The number of hydrogen-bond acceptors (Lipinski definition) is 4. The van der Waals surface area contributed by atoms with E-state index in [4.69, 9.17) is 10.9 Å². The summed E-state index contributed by atoms with van der Waals surface area (Å²) in [5, 5.41) is 22.2. The quantitative estimate of drug-likeness (QED) is 0.323. The second kappa shape index (κ2) is 8.65. The number of nitrogens with two attached hydrogens (primary N) is 1. The summed E-state index contributed by atoms with van der Waals surface area (Å²) in [6.45, 7) is 2.50. The van der Waals surface area contributed by atoms with Crippen molar-refractivity contribution in [2.24, 2.45) is 10.9 Å². The predicted octanol–water partition coefficient (Wildman–Crippen LogP) is 2.41. The Bertz CT molecular complexity index is 801. The van der Waals surface area contributed by atoms with Crippen molar-refractivity contribution >= 4 is 11.9 Å². The van der Waals surface area contributed by atoms with E-state index in [1.165, 1.54) is 11.1 Å². The van der Waals surface area contributed by atoms with Crippen LogP contribution in [-0.2, 0) is 19.4 Å². The summed E-state index contributed by atoms with van der Waals surface area (Å²) >= 11 is 0. The van der Waals surface area contributed by atoms with Crippen molar-refractivity contribution in [3.63, 3.8) is 0 Å². The molecule has 2 aromatic rings. The van der Waals surface area contributed by atoms with Crippen molar-refractivity contribution in [1.82, 2.24) is 4.90 Å². The number of nitrogens with zero attached hydrogens (tertiary/aromatic N) is 2. The van der Waals surface area contributed by atoms with Gasteiger partial charge in [0.05, 0.1) is 6.10 Å². The Morgan fingerprint density at radius 3 is 2.69 bits per heavy atom. The first-order chi connectivity index (χ1) is 12.7. The van der Waals surface area contributed by atoms with Crippen LogP contribution in [0, 0.1) is 0 Å². The van der Waals surface area contributed by atoms with Gasteiger partial charge in [0.2, 0.25) is 0 Å². The molecule has 0 aromatic heterocycles. The molecule has 0 bridgehead atoms. The van der Waals surface area contributed by atoms with Crippen molar-refractivity contribution in [3.05, 3.63) is 76.9 Å². The molecule has 0 saturated carbocycles. The van der Waals surface area contributed by atoms with Crippen LogP contribution in [0.5, 0.6) is 0 Å². The number of benzene rings is 2. The zero-order chi connectivity index (χ0) is 18.4. The Balaban J connectivity index is 1.62. The molecule has 1 aliphatic rings. The molecule has 1 heterocycles. The fraction of sp³-hybridized carbons (Fsp3) is 0.286. The minimum absolute atomic E-state index is 0.0485. The first-order valence-electron chi connectivity index (χ1n) is 8.86. The van der Waals surface area contributed by atoms with Gasteiger partial charge >= 0.3 is 0 Å². The molecule has 136 valence electrons. The summed E-state index contributed by atoms with van der Waals surface area (Å²) in [6, 6.07) is 16.4. The standard InChI is InChI=1S/C21H25N3O2/c22-21(23-26)10-9-16-5-1-3-7-18(16)13-20(25)15-24-12-11-17-6-2-4-8-19(17)14-24/h1-10,20,25-26H,11-15H2,(H2,22,23). The molecule has 5 nitrogen and oxygen atoms in total. The van der Waals surface area contributed by atoms with Gasteiger partial charge in [-0.15, -0.1) is 0 Å². The molecule has 4 N–H and O–H groups in total. The second-order valence-electron chi connectivity index (χ2n) is 6.67. The number of hydrogen-bond donors (Lipinski definition) is 3. The molecule has 2 aromatic carbocycles. The Hall–Kier alpha value is -2.63. The van der Waals surface area contributed by atoms with Gasteiger partial charge < -0.3 is 16.0 Å². The lowest BCUT2D eigenvalue weighted by atomic mass is 9.98. The molecule has 0 spiro atoms. The van der Waals surface area contributed by atoms with Crippen molar-refractivity contribution in [2.45, 2.75) is 25.5 Å². The van der Waals surface area contributed by atoms with E-state index in [2.05, 4.69) is 34.3 Å². The zero-order valence-corrected chi connectivity index (χ0v) is 14.8. The molecular formula is C21H25N3O2. The molecule has 5 heteroatoms. The number of rotatable bonds is 6. The molecule has 0 saturated heterocycles. The molecular weight excluding hydrogens is 326 g/mol. The van der Waals surface area contributed by atoms with Crippen LogP contribution in [0.3, 0.4) is 0 Å². The maximum Gasteiger partial charge on any atom is 0.162 e. The number of β-amino-alcohol motifs (C(OH)–C–C–N with tert-alkyl or cyclic N) is 1. The maximum atomic E-state index is 10.6. The highest BCUT2D eigenvalue weighted by molar-refractivity contribution is 5.94. The Morgan fingerprint density at radius 1 is 1.15 bits per heavy atom. The van der Waals surface area contributed by atoms with E-state index in [0.29, 0.717) is 13.0 Å². The summed E-state index contributed by atoms with van der Waals surface area (Å²) in [7, 11) is 0. The number of oxime groups is 1. The van der Waals surface area contributed by atoms with E-state index in [1.807, 2.05) is 24.3 Å². The zero-order valence-electron chi connectivity index (χ0n) is 14.8. The average Bonchev–Trinajstić information content (AvgIpc) is 2.67. The third kappa shape index (κ3) is 4.71. The highest BCUT2D eigenvalue weighted by atomic mass is 16.4. The molecule has 0 amide bonds. The molecule has 1 aliphatic heterocycles. The normalized spacial score (nSPS) is 16.6. The van der Waals surface area contributed by atoms with Gasteiger partial charge in [-0.25, -0.2) is 0 Å². The lowest BCUT2D eigenvalue weighted by Gasteiger charge is -2.30. The molecule has 3 rings (SSSR count). The van der Waals surface area contributed by atoms with Crippen LogP contribution in [0.4, 0.5) is 0 Å². The van der Waals surface area contributed by atoms with E-state index >= 15 is 0 Å². The molecule has 26 heavy (non-hydrogen) atoms. The van der Waals surface area contributed by atoms with Gasteiger partial charge in [-0.2, -0.15) is 0 Å². The average molecular weight is 351 g/mol. The minimum atomic E-state index is -0.446. The maximum absolute atomic E-state index is 10.6. The lowest BCUT2D eigenvalue weighted by molar-refractivity contribution is 0.105. The van der Waals surface area contributed by atoms with E-state index < -0.39 is 6.10 Å². The van der Waals surface area contributed by atoms with Gasteiger partial charge in [0.1, 0.15) is 0 Å². The van der Waals surface area contributed by atoms with Crippen LogP contribution in [0.25, 0.3) is 6.08 Å². The lowest BCUT2D eigenvalue weighted by Crippen LogP contribution is -2.37. The predicted molar refractivity (Wildman–Crippen MR) is 104 cm³/mol. The smallest absolute Gasteiger partial charge is 0.162 e. The first-order valence-corrected chi connectivity index (χ1v) is 8.86. The minimum Gasteiger partial charge on any atom is -0.409 e. The fourth-order valence-electron chi connectivity index (χ4n) is 3.42. The summed E-state index contributed by atoms with van der Waals surface area (Å²) in [5.41, 5.74) is 10.3. The monoisotopic (exact) mass is 351 g/mol. The Morgan fingerprint density at radius 2 is 1.88 bits per heavy atom. The van der Waals surface area contributed by atoms with Gasteiger partial charge in [-0.3, -0.25) is 4.90 Å². The summed E-state index contributed by atoms with van der Waals surface area (Å²) < 4.78 is 0. The van der Waals surface area contributed by atoms with E-state index in [9.17, 15) is 5.11 Å². The summed E-state index contributed by atoms with van der Waals surface area (Å²) in [6.07, 6.45) is 4.50. The highest BCUT2D eigenvalue weighted by Gasteiger charge is 2.19. The van der Waals surface area contributed by atoms with Gasteiger partial charge in [0.25, 0.3) is 0 Å². The molecule has 1 unspecified atom stereocenters. The van der Waals surface area contributed by atoms with Crippen molar-refractivity contribution in [2.75, 3.05) is 13.1 Å². The topological polar surface area (TPSA) is 82.1 Å². The van der Waals surface area contributed by atoms with Crippen molar-refractivity contribution in [3.8, 4) is 0 Å². The van der Waals surface area contributed by atoms with Gasteiger partial charge in [-0.1, -0.05) is 59.8 Å². The van der Waals surface area contributed by atoms with Gasteiger partial charge in [0, 0.05) is 26.1 Å². The van der Waals surface area contributed by atoms with Crippen LogP contribution < -0.4 is 5.73 Å². The fourth-order valence-corrected chi connectivity index (χ4v) is 3.42. The van der Waals surface area contributed by atoms with Gasteiger partial charge in [0.15, 0.2) is 5.84 Å². The number of aliphatic hydroxyl groups is 1. The van der Waals surface area contributed by atoms with Crippen LogP contribution in [-0.4, -0.2) is 40.2 Å². The number of fused-ring (bicyclic) bond motifs is 1. The first kappa shape index (κ1) is 18.2. The number of aliphatic hydroxyl groups excluding tert-OH is 1. The van der Waals surface area contributed by atoms with Crippen LogP contribution >= 0.6 is 0 Å². The van der Waals surface area contributed by atoms with Crippen molar-refractivity contribution in [1.29, 1.82) is 0 Å². The van der Waals surface area contributed by atoms with E-state index in [0.717, 1.165) is 30.6 Å². The molecule has 1 atom stereocenters. The third-order valence-electron chi connectivity index (χ3n) is 4.74. The second-order valence-corrected chi connectivity index (χ2v) is 6.67. The summed E-state index contributed by atoms with van der Waals surface area (Å²) in [5.74, 6) is 0.0485. The largest absolute Gasteiger partial charge is 0.409 e.